The van der Waals surface area contributed by atoms with Crippen LogP contribution < -0.4 is 16.0 Å². The molecule has 0 bridgehead atoms. The van der Waals surface area contributed by atoms with Crippen molar-refractivity contribution in [1.29, 1.82) is 0 Å². The van der Waals surface area contributed by atoms with Crippen molar-refractivity contribution in [3.63, 3.8) is 0 Å². The molecule has 0 radical (unpaired) electrons. The van der Waals surface area contributed by atoms with Crippen molar-refractivity contribution < 1.29 is 4.74 Å². The van der Waals surface area contributed by atoms with Crippen LogP contribution in [0.1, 0.15) is 5.56 Å². The summed E-state index contributed by atoms with van der Waals surface area (Å²) >= 11 is 9.45. The van der Waals surface area contributed by atoms with Crippen molar-refractivity contribution >= 4 is 45.0 Å². The van der Waals surface area contributed by atoms with E-state index in [1.165, 1.54) is 11.3 Å². The lowest BCUT2D eigenvalue weighted by atomic mass is 10.1. The number of nitrogens with zero attached hydrogens (tertiary/aromatic N) is 3. The predicted molar refractivity (Wildman–Crippen MR) is 96.0 cm³/mol. The Balaban J connectivity index is 1.79. The van der Waals surface area contributed by atoms with Crippen molar-refractivity contribution in [2.24, 2.45) is 0 Å². The van der Waals surface area contributed by atoms with Crippen molar-refractivity contribution in [3.05, 3.63) is 39.5 Å². The van der Waals surface area contributed by atoms with Gasteiger partial charge >= 0.3 is 0 Å². The van der Waals surface area contributed by atoms with Crippen LogP contribution in [0, 0.1) is 0 Å². The van der Waals surface area contributed by atoms with Crippen LogP contribution in [-0.4, -0.2) is 36.3 Å². The maximum Gasteiger partial charge on any atom is 0.223 e. The van der Waals surface area contributed by atoms with Gasteiger partial charge in [0.05, 0.1) is 13.2 Å². The third kappa shape index (κ3) is 4.25. The molecule has 1 aliphatic heterocycles. The zero-order valence-electron chi connectivity index (χ0n) is 12.4. The van der Waals surface area contributed by atoms with E-state index in [4.69, 9.17) is 22.1 Å². The molecular weight excluding hydrogens is 382 g/mol. The third-order valence-electron chi connectivity index (χ3n) is 3.57. The summed E-state index contributed by atoms with van der Waals surface area (Å²) in [6, 6.07) is 7.91. The molecule has 6 nitrogen and oxygen atoms in total. The quantitative estimate of drug-likeness (QED) is 0.771. The molecule has 8 heteroatoms. The molecule has 1 saturated heterocycles. The van der Waals surface area contributed by atoms with Gasteiger partial charge in [0.15, 0.2) is 0 Å². The molecule has 2 aromatic rings. The second-order valence-electron chi connectivity index (χ2n) is 5.16. The molecule has 0 unspecified atom stereocenters. The molecule has 1 aromatic heterocycles. The number of halogens is 2. The SMILES string of the molecule is Nc1nc(Cl)cc(NCc2ccc(Br)cc2N2CCOCC2)n1. The van der Waals surface area contributed by atoms with E-state index in [9.17, 15) is 0 Å². The molecule has 23 heavy (non-hydrogen) atoms. The van der Waals surface area contributed by atoms with Crippen LogP contribution in [-0.2, 0) is 11.3 Å². The maximum absolute atomic E-state index is 5.91. The van der Waals surface area contributed by atoms with Gasteiger partial charge in [0.1, 0.15) is 11.0 Å². The summed E-state index contributed by atoms with van der Waals surface area (Å²) < 4.78 is 6.49. The van der Waals surface area contributed by atoms with Crippen LogP contribution >= 0.6 is 27.5 Å². The first-order valence-corrected chi connectivity index (χ1v) is 8.44. The average molecular weight is 399 g/mol. The van der Waals surface area contributed by atoms with E-state index < -0.39 is 0 Å². The van der Waals surface area contributed by atoms with E-state index in [-0.39, 0.29) is 5.95 Å². The topological polar surface area (TPSA) is 76.3 Å². The summed E-state index contributed by atoms with van der Waals surface area (Å²) in [5.41, 5.74) is 7.97. The van der Waals surface area contributed by atoms with Gasteiger partial charge in [-0.1, -0.05) is 33.6 Å². The first-order chi connectivity index (χ1) is 11.1. The number of anilines is 3. The Hall–Kier alpha value is -1.57. The van der Waals surface area contributed by atoms with Gasteiger partial charge in [-0.05, 0) is 17.7 Å². The molecule has 0 saturated carbocycles. The van der Waals surface area contributed by atoms with Crippen LogP contribution in [0.2, 0.25) is 5.15 Å². The molecule has 2 heterocycles. The van der Waals surface area contributed by atoms with E-state index in [0.717, 1.165) is 30.8 Å². The number of nitrogen functional groups attached to an aromatic ring is 1. The standard InChI is InChI=1S/C15H17BrClN5O/c16-11-2-1-10(12(7-11)22-3-5-23-6-4-22)9-19-14-8-13(17)20-15(18)21-14/h1-2,7-8H,3-6,9H2,(H3,18,19,20,21). The van der Waals surface area contributed by atoms with E-state index in [1.54, 1.807) is 6.07 Å². The average Bonchev–Trinajstić information content (AvgIpc) is 2.53. The van der Waals surface area contributed by atoms with Gasteiger partial charge in [-0.2, -0.15) is 4.98 Å². The smallest absolute Gasteiger partial charge is 0.223 e. The molecule has 1 aliphatic rings. The first kappa shape index (κ1) is 16.3. The number of hydrogen-bond acceptors (Lipinski definition) is 6. The summed E-state index contributed by atoms with van der Waals surface area (Å²) in [6.45, 7) is 3.88. The second kappa shape index (κ2) is 7.33. The molecule has 1 aromatic carbocycles. The van der Waals surface area contributed by atoms with Gasteiger partial charge in [0.2, 0.25) is 5.95 Å². The number of benzene rings is 1. The van der Waals surface area contributed by atoms with Crippen LogP contribution in [0.4, 0.5) is 17.5 Å². The molecule has 0 amide bonds. The molecule has 122 valence electrons. The first-order valence-electron chi connectivity index (χ1n) is 7.27. The monoisotopic (exact) mass is 397 g/mol. The predicted octanol–water partition coefficient (Wildman–Crippen LogP) is 2.92. The lowest BCUT2D eigenvalue weighted by molar-refractivity contribution is 0.122. The lowest BCUT2D eigenvalue weighted by Gasteiger charge is -2.31. The zero-order chi connectivity index (χ0) is 16.2. The fourth-order valence-corrected chi connectivity index (χ4v) is 3.04. The highest BCUT2D eigenvalue weighted by molar-refractivity contribution is 9.10. The Labute approximate surface area is 148 Å². The highest BCUT2D eigenvalue weighted by atomic mass is 79.9. The molecule has 0 spiro atoms. The molecule has 3 N–H and O–H groups in total. The Bertz CT molecular complexity index is 673. The van der Waals surface area contributed by atoms with E-state index >= 15 is 0 Å². The van der Waals surface area contributed by atoms with Gasteiger partial charge in [-0.25, -0.2) is 4.98 Å². The van der Waals surface area contributed by atoms with E-state index in [1.807, 2.05) is 6.07 Å². The molecule has 0 aliphatic carbocycles. The summed E-state index contributed by atoms with van der Waals surface area (Å²) in [6.07, 6.45) is 0. The van der Waals surface area contributed by atoms with Crippen LogP contribution in [0.15, 0.2) is 28.7 Å². The van der Waals surface area contributed by atoms with Gasteiger partial charge in [-0.15, -0.1) is 0 Å². The number of hydrogen-bond donors (Lipinski definition) is 2. The van der Waals surface area contributed by atoms with E-state index in [2.05, 4.69) is 48.2 Å². The Kier molecular flexibility index (Phi) is 5.20. The van der Waals surface area contributed by atoms with E-state index in [0.29, 0.717) is 17.5 Å². The van der Waals surface area contributed by atoms with Gasteiger partial charge in [0, 0.05) is 35.9 Å². The Morgan fingerprint density at radius 1 is 1.26 bits per heavy atom. The highest BCUT2D eigenvalue weighted by Gasteiger charge is 2.15. The van der Waals surface area contributed by atoms with Crippen molar-refractivity contribution in [3.8, 4) is 0 Å². The van der Waals surface area contributed by atoms with Crippen LogP contribution in [0.3, 0.4) is 0 Å². The lowest BCUT2D eigenvalue weighted by Crippen LogP contribution is -2.36. The molecule has 1 fully saturated rings. The Morgan fingerprint density at radius 2 is 2.04 bits per heavy atom. The van der Waals surface area contributed by atoms with Crippen LogP contribution in [0.25, 0.3) is 0 Å². The molecule has 0 atom stereocenters. The molecular formula is C15H17BrClN5O. The third-order valence-corrected chi connectivity index (χ3v) is 4.26. The van der Waals surface area contributed by atoms with Gasteiger partial charge in [0.25, 0.3) is 0 Å². The maximum atomic E-state index is 5.91. The number of nitrogens with one attached hydrogen (secondary N) is 1. The minimum atomic E-state index is 0.157. The fraction of sp³-hybridized carbons (Fsp3) is 0.333. The summed E-state index contributed by atoms with van der Waals surface area (Å²) in [5, 5.41) is 3.58. The number of rotatable bonds is 4. The van der Waals surface area contributed by atoms with Crippen molar-refractivity contribution in [1.82, 2.24) is 9.97 Å². The number of aromatic nitrogens is 2. The molecule has 3 rings (SSSR count). The summed E-state index contributed by atoms with van der Waals surface area (Å²) in [7, 11) is 0. The van der Waals surface area contributed by atoms with Crippen LogP contribution in [0.5, 0.6) is 0 Å². The number of ether oxygens (including phenoxy) is 1. The van der Waals surface area contributed by atoms with Gasteiger partial charge in [-0.3, -0.25) is 0 Å². The van der Waals surface area contributed by atoms with Gasteiger partial charge < -0.3 is 20.7 Å². The highest BCUT2D eigenvalue weighted by Crippen LogP contribution is 2.27. The summed E-state index contributed by atoms with van der Waals surface area (Å²) in [4.78, 5) is 10.3. The largest absolute Gasteiger partial charge is 0.378 e. The minimum absolute atomic E-state index is 0.157. The van der Waals surface area contributed by atoms with Crippen molar-refractivity contribution in [2.75, 3.05) is 42.3 Å². The normalized spacial score (nSPS) is 14.8. The Morgan fingerprint density at radius 3 is 2.78 bits per heavy atom. The zero-order valence-corrected chi connectivity index (χ0v) is 14.8. The second-order valence-corrected chi connectivity index (χ2v) is 6.46. The number of nitrogens with two attached hydrogens (primary N) is 1. The minimum Gasteiger partial charge on any atom is -0.378 e. The van der Waals surface area contributed by atoms with Crippen molar-refractivity contribution in [2.45, 2.75) is 6.54 Å². The number of morpholine rings is 1. The summed E-state index contributed by atoms with van der Waals surface area (Å²) in [5.74, 6) is 0.766. The fourth-order valence-electron chi connectivity index (χ4n) is 2.50.